The minimum Gasteiger partial charge on any atom is -0.497 e. The molecule has 3 N–H and O–H groups in total. The Balaban J connectivity index is 3.10. The molecule has 0 aliphatic carbocycles. The molecule has 7 heteroatoms. The Labute approximate surface area is 108 Å². The highest BCUT2D eigenvalue weighted by atomic mass is 19.4. The second-order valence-electron chi connectivity index (χ2n) is 4.04. The lowest BCUT2D eigenvalue weighted by molar-refractivity contribution is -0.137. The molecular formula is C12H15F3N2O2. The van der Waals surface area contributed by atoms with Crippen LogP contribution in [0.25, 0.3) is 0 Å². The summed E-state index contributed by atoms with van der Waals surface area (Å²) in [4.78, 5) is 11.6. The topological polar surface area (TPSA) is 64.3 Å². The van der Waals surface area contributed by atoms with Crippen molar-refractivity contribution in [3.05, 3.63) is 23.8 Å². The van der Waals surface area contributed by atoms with Gasteiger partial charge in [0, 0.05) is 12.5 Å². The summed E-state index contributed by atoms with van der Waals surface area (Å²) in [7, 11) is 1.27. The van der Waals surface area contributed by atoms with Crippen LogP contribution in [-0.2, 0) is 11.0 Å². The number of methoxy groups -OCH3 is 1. The zero-order valence-electron chi connectivity index (χ0n) is 10.5. The number of hydrogen-bond donors (Lipinski definition) is 2. The van der Waals surface area contributed by atoms with Gasteiger partial charge in [-0.15, -0.1) is 0 Å². The fraction of sp³-hybridized carbons (Fsp3) is 0.417. The van der Waals surface area contributed by atoms with Crippen LogP contribution in [0.2, 0.25) is 0 Å². The van der Waals surface area contributed by atoms with E-state index in [9.17, 15) is 18.0 Å². The van der Waals surface area contributed by atoms with Crippen LogP contribution in [0.4, 0.5) is 18.9 Å². The highest BCUT2D eigenvalue weighted by molar-refractivity contribution is 5.93. The summed E-state index contributed by atoms with van der Waals surface area (Å²) >= 11 is 0. The molecule has 0 aliphatic heterocycles. The standard InChI is InChI=1S/C12H15F3N2O2/c1-7(6-16)11(18)17-10-4-3-8(19-2)5-9(10)12(13,14)15/h3-5,7H,6,16H2,1-2H3,(H,17,18). The van der Waals surface area contributed by atoms with Gasteiger partial charge < -0.3 is 15.8 Å². The van der Waals surface area contributed by atoms with Crippen LogP contribution in [0.15, 0.2) is 18.2 Å². The molecule has 0 radical (unpaired) electrons. The van der Waals surface area contributed by atoms with Gasteiger partial charge >= 0.3 is 6.18 Å². The molecule has 0 aliphatic rings. The van der Waals surface area contributed by atoms with Crippen LogP contribution >= 0.6 is 0 Å². The second kappa shape index (κ2) is 5.92. The molecular weight excluding hydrogens is 261 g/mol. The number of nitrogens with two attached hydrogens (primary N) is 1. The third-order valence-corrected chi connectivity index (χ3v) is 2.59. The number of ether oxygens (including phenoxy) is 1. The molecule has 0 heterocycles. The van der Waals surface area contributed by atoms with Crippen molar-refractivity contribution in [2.45, 2.75) is 13.1 Å². The molecule has 4 nitrogen and oxygen atoms in total. The Kier molecular flexibility index (Phi) is 4.77. The normalized spacial score (nSPS) is 12.9. The molecule has 0 fully saturated rings. The van der Waals surface area contributed by atoms with Gasteiger partial charge in [-0.25, -0.2) is 0 Å². The maximum absolute atomic E-state index is 12.9. The Morgan fingerprint density at radius 3 is 2.58 bits per heavy atom. The fourth-order valence-corrected chi connectivity index (χ4v) is 1.36. The van der Waals surface area contributed by atoms with Gasteiger partial charge in [-0.2, -0.15) is 13.2 Å². The van der Waals surface area contributed by atoms with Crippen LogP contribution in [0, 0.1) is 5.92 Å². The molecule has 106 valence electrons. The van der Waals surface area contributed by atoms with Crippen molar-refractivity contribution in [2.75, 3.05) is 19.0 Å². The number of benzene rings is 1. The van der Waals surface area contributed by atoms with Gasteiger partial charge in [0.2, 0.25) is 5.91 Å². The van der Waals surface area contributed by atoms with Crippen molar-refractivity contribution < 1.29 is 22.7 Å². The van der Waals surface area contributed by atoms with E-state index in [-0.39, 0.29) is 18.0 Å². The van der Waals surface area contributed by atoms with Crippen LogP contribution < -0.4 is 15.8 Å². The third-order valence-electron chi connectivity index (χ3n) is 2.59. The summed E-state index contributed by atoms with van der Waals surface area (Å²) < 4.78 is 43.3. The van der Waals surface area contributed by atoms with E-state index in [0.717, 1.165) is 12.1 Å². The number of hydrogen-bond acceptors (Lipinski definition) is 3. The molecule has 0 spiro atoms. The number of anilines is 1. The Morgan fingerprint density at radius 2 is 2.11 bits per heavy atom. The zero-order valence-corrected chi connectivity index (χ0v) is 10.5. The largest absolute Gasteiger partial charge is 0.497 e. The summed E-state index contributed by atoms with van der Waals surface area (Å²) in [6.45, 7) is 1.59. The van der Waals surface area contributed by atoms with E-state index in [1.807, 2.05) is 0 Å². The Bertz CT molecular complexity index is 461. The van der Waals surface area contributed by atoms with Crippen LogP contribution in [-0.4, -0.2) is 19.6 Å². The Morgan fingerprint density at radius 1 is 1.47 bits per heavy atom. The number of halogens is 3. The molecule has 1 unspecified atom stereocenters. The van der Waals surface area contributed by atoms with E-state index in [4.69, 9.17) is 10.5 Å². The summed E-state index contributed by atoms with van der Waals surface area (Å²) in [5, 5.41) is 2.22. The van der Waals surface area contributed by atoms with Gasteiger partial charge in [0.15, 0.2) is 0 Å². The highest BCUT2D eigenvalue weighted by Gasteiger charge is 2.34. The molecule has 0 saturated carbocycles. The van der Waals surface area contributed by atoms with Crippen molar-refractivity contribution >= 4 is 11.6 Å². The van der Waals surface area contributed by atoms with Gasteiger partial charge in [-0.05, 0) is 18.2 Å². The maximum atomic E-state index is 12.9. The molecule has 1 amide bonds. The minimum absolute atomic E-state index is 0.0589. The first-order chi connectivity index (χ1) is 8.79. The van der Waals surface area contributed by atoms with E-state index in [1.165, 1.54) is 20.1 Å². The first-order valence-corrected chi connectivity index (χ1v) is 5.55. The number of rotatable bonds is 4. The van der Waals surface area contributed by atoms with Gasteiger partial charge in [-0.1, -0.05) is 6.92 Å². The smallest absolute Gasteiger partial charge is 0.418 e. The minimum atomic E-state index is -4.58. The highest BCUT2D eigenvalue weighted by Crippen LogP contribution is 2.37. The SMILES string of the molecule is COc1ccc(NC(=O)C(C)CN)c(C(F)(F)F)c1. The molecule has 0 saturated heterocycles. The van der Waals surface area contributed by atoms with Crippen molar-refractivity contribution in [3.63, 3.8) is 0 Å². The van der Waals surface area contributed by atoms with Crippen LogP contribution in [0.5, 0.6) is 5.75 Å². The summed E-state index contributed by atoms with van der Waals surface area (Å²) in [6.07, 6.45) is -4.58. The molecule has 19 heavy (non-hydrogen) atoms. The van der Waals surface area contributed by atoms with E-state index in [2.05, 4.69) is 5.32 Å². The molecule has 0 aromatic heterocycles. The number of carbonyl (C=O) groups excluding carboxylic acids is 1. The molecule has 1 rings (SSSR count). The summed E-state index contributed by atoms with van der Waals surface area (Å²) in [5.74, 6) is -1.06. The summed E-state index contributed by atoms with van der Waals surface area (Å²) in [6, 6.07) is 3.34. The second-order valence-corrected chi connectivity index (χ2v) is 4.04. The van der Waals surface area contributed by atoms with Crippen molar-refractivity contribution in [2.24, 2.45) is 11.7 Å². The van der Waals surface area contributed by atoms with Crippen molar-refractivity contribution in [1.29, 1.82) is 0 Å². The third kappa shape index (κ3) is 3.85. The first-order valence-electron chi connectivity index (χ1n) is 5.55. The first kappa shape index (κ1) is 15.3. The van der Waals surface area contributed by atoms with E-state index in [0.29, 0.717) is 0 Å². The maximum Gasteiger partial charge on any atom is 0.418 e. The Hall–Kier alpha value is -1.76. The lowest BCUT2D eigenvalue weighted by Gasteiger charge is -2.16. The number of alkyl halides is 3. The average Bonchev–Trinajstić information content (AvgIpc) is 2.36. The molecule has 1 aromatic rings. The van der Waals surface area contributed by atoms with E-state index >= 15 is 0 Å². The van der Waals surface area contributed by atoms with E-state index < -0.39 is 23.6 Å². The predicted molar refractivity (Wildman–Crippen MR) is 64.8 cm³/mol. The average molecular weight is 276 g/mol. The zero-order chi connectivity index (χ0) is 14.6. The molecule has 0 bridgehead atoms. The fourth-order valence-electron chi connectivity index (χ4n) is 1.36. The van der Waals surface area contributed by atoms with Crippen LogP contribution in [0.3, 0.4) is 0 Å². The molecule has 1 atom stereocenters. The summed E-state index contributed by atoms with van der Waals surface area (Å²) in [5.41, 5.74) is 4.03. The van der Waals surface area contributed by atoms with Crippen LogP contribution in [0.1, 0.15) is 12.5 Å². The van der Waals surface area contributed by atoms with Gasteiger partial charge in [-0.3, -0.25) is 4.79 Å². The van der Waals surface area contributed by atoms with Crippen molar-refractivity contribution in [1.82, 2.24) is 0 Å². The molecule has 1 aromatic carbocycles. The van der Waals surface area contributed by atoms with Gasteiger partial charge in [0.1, 0.15) is 5.75 Å². The number of nitrogens with one attached hydrogen (secondary N) is 1. The number of amides is 1. The predicted octanol–water partition coefficient (Wildman–Crippen LogP) is 2.25. The quantitative estimate of drug-likeness (QED) is 0.886. The van der Waals surface area contributed by atoms with Crippen molar-refractivity contribution in [3.8, 4) is 5.75 Å². The van der Waals surface area contributed by atoms with E-state index in [1.54, 1.807) is 0 Å². The lowest BCUT2D eigenvalue weighted by atomic mass is 10.1. The lowest BCUT2D eigenvalue weighted by Crippen LogP contribution is -2.27. The van der Waals surface area contributed by atoms with Gasteiger partial charge in [0.25, 0.3) is 0 Å². The monoisotopic (exact) mass is 276 g/mol. The number of carbonyl (C=O) groups is 1. The van der Waals surface area contributed by atoms with Gasteiger partial charge in [0.05, 0.1) is 18.4 Å².